The summed E-state index contributed by atoms with van der Waals surface area (Å²) in [5.74, 6) is 0.610. The number of thiophene rings is 1. The van der Waals surface area contributed by atoms with Crippen LogP contribution in [0.3, 0.4) is 0 Å². The molecule has 1 aromatic carbocycles. The Kier molecular flexibility index (Phi) is 4.28. The highest BCUT2D eigenvalue weighted by atomic mass is 32.2. The number of hydrogen-bond acceptors (Lipinski definition) is 8. The molecule has 3 heterocycles. The van der Waals surface area contributed by atoms with E-state index in [2.05, 4.69) is 25.7 Å². The summed E-state index contributed by atoms with van der Waals surface area (Å²) in [5.41, 5.74) is 0.546. The normalized spacial score (nSPS) is 12.4. The highest BCUT2D eigenvalue weighted by Crippen LogP contribution is 2.35. The van der Waals surface area contributed by atoms with Gasteiger partial charge in [0, 0.05) is 0 Å². The molecule has 0 radical (unpaired) electrons. The third kappa shape index (κ3) is 3.30. The van der Waals surface area contributed by atoms with Crippen molar-refractivity contribution in [2.75, 3.05) is 0 Å². The number of rotatable bonds is 5. The average molecular weight is 374 g/mol. The van der Waals surface area contributed by atoms with E-state index in [-0.39, 0.29) is 11.1 Å². The van der Waals surface area contributed by atoms with Gasteiger partial charge in [0.1, 0.15) is 5.82 Å². The summed E-state index contributed by atoms with van der Waals surface area (Å²) in [6.45, 7) is 1.92. The maximum Gasteiger partial charge on any atom is 0.257 e. The number of thioether (sulfide) groups is 1. The van der Waals surface area contributed by atoms with E-state index in [0.717, 1.165) is 4.88 Å². The van der Waals surface area contributed by atoms with Gasteiger partial charge in [-0.2, -0.15) is 4.68 Å². The molecule has 3 aromatic heterocycles. The molecule has 126 valence electrons. The van der Waals surface area contributed by atoms with Gasteiger partial charge in [0.05, 0.1) is 15.8 Å². The zero-order valence-electron chi connectivity index (χ0n) is 12.9. The van der Waals surface area contributed by atoms with Gasteiger partial charge in [-0.15, -0.1) is 26.6 Å². The first-order valence-electron chi connectivity index (χ1n) is 7.29. The smallest absolute Gasteiger partial charge is 0.257 e. The van der Waals surface area contributed by atoms with Gasteiger partial charge in [-0.25, -0.2) is 4.39 Å². The molecule has 0 spiro atoms. The Morgan fingerprint density at radius 3 is 2.92 bits per heavy atom. The van der Waals surface area contributed by atoms with Crippen LogP contribution in [0.25, 0.3) is 16.5 Å². The van der Waals surface area contributed by atoms with E-state index in [1.165, 1.54) is 39.9 Å². The van der Waals surface area contributed by atoms with Gasteiger partial charge in [-0.3, -0.25) is 0 Å². The van der Waals surface area contributed by atoms with Crippen LogP contribution in [0.1, 0.15) is 18.1 Å². The Balaban J connectivity index is 1.56. The molecule has 0 bridgehead atoms. The van der Waals surface area contributed by atoms with Crippen LogP contribution in [0.2, 0.25) is 0 Å². The van der Waals surface area contributed by atoms with E-state index >= 15 is 0 Å². The molecule has 0 amide bonds. The average Bonchev–Trinajstić information content (AvgIpc) is 3.35. The first-order valence-corrected chi connectivity index (χ1v) is 9.05. The molecule has 0 fully saturated rings. The third-order valence-electron chi connectivity index (χ3n) is 3.30. The van der Waals surface area contributed by atoms with Crippen molar-refractivity contribution in [2.24, 2.45) is 0 Å². The Hall–Kier alpha value is -2.59. The number of benzene rings is 1. The second-order valence-electron chi connectivity index (χ2n) is 5.04. The van der Waals surface area contributed by atoms with Gasteiger partial charge in [-0.05, 0) is 47.0 Å². The van der Waals surface area contributed by atoms with Crippen LogP contribution in [-0.4, -0.2) is 30.4 Å². The summed E-state index contributed by atoms with van der Waals surface area (Å²) in [6, 6.07) is 9.92. The zero-order valence-corrected chi connectivity index (χ0v) is 14.5. The quantitative estimate of drug-likeness (QED) is 0.492. The molecule has 0 aliphatic heterocycles. The maximum absolute atomic E-state index is 13.4. The number of nitrogens with zero attached hydrogens (tertiary/aromatic N) is 6. The second-order valence-corrected chi connectivity index (χ2v) is 7.29. The molecule has 0 saturated heterocycles. The van der Waals surface area contributed by atoms with Gasteiger partial charge in [0.25, 0.3) is 5.89 Å². The first-order chi connectivity index (χ1) is 12.2. The standard InChI is InChI=1S/C15H11FN6OS2/c1-9(13-17-18-14(23-13)12-6-3-7-24-12)25-15-19-20-21-22(15)11-5-2-4-10(16)8-11/h2-9H,1H3. The summed E-state index contributed by atoms with van der Waals surface area (Å²) in [7, 11) is 0. The van der Waals surface area contributed by atoms with Crippen LogP contribution in [0.4, 0.5) is 4.39 Å². The van der Waals surface area contributed by atoms with E-state index in [1.807, 2.05) is 24.4 Å². The molecule has 0 N–H and O–H groups in total. The van der Waals surface area contributed by atoms with Crippen LogP contribution in [0, 0.1) is 5.82 Å². The fraction of sp³-hybridized carbons (Fsp3) is 0.133. The van der Waals surface area contributed by atoms with E-state index in [9.17, 15) is 4.39 Å². The molecule has 0 aliphatic carbocycles. The maximum atomic E-state index is 13.4. The van der Waals surface area contributed by atoms with Crippen LogP contribution in [-0.2, 0) is 0 Å². The monoisotopic (exact) mass is 374 g/mol. The Morgan fingerprint density at radius 1 is 1.20 bits per heavy atom. The van der Waals surface area contributed by atoms with Gasteiger partial charge >= 0.3 is 0 Å². The van der Waals surface area contributed by atoms with Crippen molar-refractivity contribution in [3.63, 3.8) is 0 Å². The molecule has 4 aromatic rings. The molecule has 10 heteroatoms. The predicted octanol–water partition coefficient (Wildman–Crippen LogP) is 3.77. The first kappa shape index (κ1) is 15.9. The lowest BCUT2D eigenvalue weighted by Gasteiger charge is -2.07. The van der Waals surface area contributed by atoms with Crippen molar-refractivity contribution in [2.45, 2.75) is 17.3 Å². The number of halogens is 1. The third-order valence-corrected chi connectivity index (χ3v) is 5.17. The minimum Gasteiger partial charge on any atom is -0.419 e. The molecule has 1 atom stereocenters. The highest BCUT2D eigenvalue weighted by Gasteiger charge is 2.20. The Morgan fingerprint density at radius 2 is 2.12 bits per heavy atom. The Labute approximate surface area is 149 Å². The number of aromatic nitrogens is 6. The molecule has 1 unspecified atom stereocenters. The molecular weight excluding hydrogens is 363 g/mol. The van der Waals surface area contributed by atoms with Crippen LogP contribution < -0.4 is 0 Å². The van der Waals surface area contributed by atoms with Crippen molar-refractivity contribution < 1.29 is 8.81 Å². The fourth-order valence-corrected chi connectivity index (χ4v) is 3.61. The largest absolute Gasteiger partial charge is 0.419 e. The fourth-order valence-electron chi connectivity index (χ4n) is 2.13. The summed E-state index contributed by atoms with van der Waals surface area (Å²) < 4.78 is 20.6. The van der Waals surface area contributed by atoms with Crippen molar-refractivity contribution in [3.8, 4) is 16.5 Å². The van der Waals surface area contributed by atoms with Crippen molar-refractivity contribution in [3.05, 3.63) is 53.5 Å². The topological polar surface area (TPSA) is 82.5 Å². The number of tetrazole rings is 1. The van der Waals surface area contributed by atoms with Crippen LogP contribution in [0.15, 0.2) is 51.4 Å². The lowest BCUT2D eigenvalue weighted by molar-refractivity contribution is 0.509. The summed E-state index contributed by atoms with van der Waals surface area (Å²) in [6.07, 6.45) is 0. The lowest BCUT2D eigenvalue weighted by Crippen LogP contribution is -2.00. The van der Waals surface area contributed by atoms with E-state index in [4.69, 9.17) is 4.42 Å². The van der Waals surface area contributed by atoms with Crippen molar-refractivity contribution in [1.29, 1.82) is 0 Å². The SMILES string of the molecule is CC(Sc1nnnn1-c1cccc(F)c1)c1nnc(-c2cccs2)o1. The minimum absolute atomic E-state index is 0.167. The Bertz CT molecular complexity index is 984. The number of hydrogen-bond donors (Lipinski definition) is 0. The molecule has 7 nitrogen and oxygen atoms in total. The molecule has 0 saturated carbocycles. The summed E-state index contributed by atoms with van der Waals surface area (Å²) >= 11 is 2.89. The molecule has 4 rings (SSSR count). The van der Waals surface area contributed by atoms with E-state index in [1.54, 1.807) is 12.1 Å². The second kappa shape index (κ2) is 6.73. The van der Waals surface area contributed by atoms with E-state index < -0.39 is 0 Å². The van der Waals surface area contributed by atoms with Gasteiger partial charge in [0.2, 0.25) is 11.0 Å². The molecule has 25 heavy (non-hydrogen) atoms. The van der Waals surface area contributed by atoms with E-state index in [0.29, 0.717) is 22.6 Å². The van der Waals surface area contributed by atoms with Crippen LogP contribution in [0.5, 0.6) is 0 Å². The molecular formula is C15H11FN6OS2. The molecule has 0 aliphatic rings. The van der Waals surface area contributed by atoms with Gasteiger partial charge < -0.3 is 4.42 Å². The van der Waals surface area contributed by atoms with Gasteiger partial charge in [0.15, 0.2) is 0 Å². The van der Waals surface area contributed by atoms with Crippen molar-refractivity contribution >= 4 is 23.1 Å². The van der Waals surface area contributed by atoms with Crippen LogP contribution >= 0.6 is 23.1 Å². The summed E-state index contributed by atoms with van der Waals surface area (Å²) in [5, 5.41) is 22.1. The highest BCUT2D eigenvalue weighted by molar-refractivity contribution is 7.99. The lowest BCUT2D eigenvalue weighted by atomic mass is 10.3. The predicted molar refractivity (Wildman–Crippen MR) is 91.0 cm³/mol. The van der Waals surface area contributed by atoms with Gasteiger partial charge in [-0.1, -0.05) is 23.9 Å². The summed E-state index contributed by atoms with van der Waals surface area (Å²) in [4.78, 5) is 0.917. The minimum atomic E-state index is -0.352. The zero-order chi connectivity index (χ0) is 17.2. The van der Waals surface area contributed by atoms with Crippen molar-refractivity contribution in [1.82, 2.24) is 30.4 Å².